The summed E-state index contributed by atoms with van der Waals surface area (Å²) in [5, 5.41) is 0. The maximum atomic E-state index is 5.74. The number of oxazole rings is 1. The van der Waals surface area contributed by atoms with E-state index in [9.17, 15) is 0 Å². The molecule has 2 aliphatic heterocycles. The van der Waals surface area contributed by atoms with Gasteiger partial charge in [-0.25, -0.2) is 9.97 Å². The monoisotopic (exact) mass is 304 g/mol. The zero-order chi connectivity index (χ0) is 14.9. The highest BCUT2D eigenvalue weighted by Gasteiger charge is 2.33. The Morgan fingerprint density at radius 1 is 1.27 bits per heavy atom. The first kappa shape index (κ1) is 13.5. The molecule has 0 N–H and O–H groups in total. The molecule has 2 aromatic heterocycles. The van der Waals surface area contributed by atoms with Gasteiger partial charge in [-0.05, 0) is 13.0 Å². The molecule has 116 valence electrons. The topological polar surface area (TPSA) is 82.7 Å². The summed E-state index contributed by atoms with van der Waals surface area (Å²) in [5.74, 6) is 0. The van der Waals surface area contributed by atoms with Crippen LogP contribution in [0.25, 0.3) is 0 Å². The Morgan fingerprint density at radius 3 is 2.86 bits per heavy atom. The maximum Gasteiger partial charge on any atom is 0.316 e. The lowest BCUT2D eigenvalue weighted by Crippen LogP contribution is -2.32. The molecule has 2 saturated heterocycles. The van der Waals surface area contributed by atoms with Gasteiger partial charge < -0.3 is 23.5 Å². The summed E-state index contributed by atoms with van der Waals surface area (Å²) in [7, 11) is 0. The summed E-state index contributed by atoms with van der Waals surface area (Å²) in [4.78, 5) is 14.6. The Morgan fingerprint density at radius 2 is 2.09 bits per heavy atom. The second-order valence-corrected chi connectivity index (χ2v) is 5.23. The molecule has 2 fully saturated rings. The van der Waals surface area contributed by atoms with Crippen molar-refractivity contribution in [3.8, 4) is 6.01 Å². The Bertz CT molecular complexity index is 629. The molecule has 8 nitrogen and oxygen atoms in total. The van der Waals surface area contributed by atoms with Gasteiger partial charge in [-0.15, -0.1) is 0 Å². The van der Waals surface area contributed by atoms with Crippen molar-refractivity contribution in [1.82, 2.24) is 15.0 Å². The second kappa shape index (κ2) is 5.54. The summed E-state index contributed by atoms with van der Waals surface area (Å²) in [5.41, 5.74) is 0.656. The lowest BCUT2D eigenvalue weighted by atomic mass is 10.3. The van der Waals surface area contributed by atoms with Crippen molar-refractivity contribution in [3.63, 3.8) is 0 Å². The maximum absolute atomic E-state index is 5.74. The van der Waals surface area contributed by atoms with E-state index in [1.165, 1.54) is 0 Å². The number of hydrogen-bond acceptors (Lipinski definition) is 8. The van der Waals surface area contributed by atoms with Crippen LogP contribution in [0, 0.1) is 0 Å². The van der Waals surface area contributed by atoms with Crippen LogP contribution in [0.5, 0.6) is 6.01 Å². The van der Waals surface area contributed by atoms with E-state index >= 15 is 0 Å². The normalized spacial score (nSPS) is 27.7. The van der Waals surface area contributed by atoms with Gasteiger partial charge in [-0.3, -0.25) is 0 Å². The molecular weight excluding hydrogens is 288 g/mol. The van der Waals surface area contributed by atoms with Crippen LogP contribution in [0.15, 0.2) is 29.1 Å². The summed E-state index contributed by atoms with van der Waals surface area (Å²) < 4.78 is 22.0. The quantitative estimate of drug-likeness (QED) is 0.840. The van der Waals surface area contributed by atoms with E-state index in [4.69, 9.17) is 18.6 Å². The van der Waals surface area contributed by atoms with E-state index in [1.54, 1.807) is 24.7 Å². The van der Waals surface area contributed by atoms with Crippen LogP contribution in [0.3, 0.4) is 0 Å². The standard InChI is InChI=1S/C14H16N4O4/c1-9-20-12(21-9)11-8-19-14(17-11)18-6-3-10(7-18)22-13-15-4-2-5-16-13/h2,4-5,8-10,12H,3,6-7H2,1H3/t9?,10-,12?/m0/s1. The molecule has 22 heavy (non-hydrogen) atoms. The van der Waals surface area contributed by atoms with Crippen molar-refractivity contribution < 1.29 is 18.6 Å². The predicted octanol–water partition coefficient (Wildman–Crippen LogP) is 1.51. The average molecular weight is 304 g/mol. The van der Waals surface area contributed by atoms with Crippen molar-refractivity contribution in [2.45, 2.75) is 32.0 Å². The molecule has 4 rings (SSSR count). The number of hydrogen-bond donors (Lipinski definition) is 0. The lowest BCUT2D eigenvalue weighted by Gasteiger charge is -2.31. The summed E-state index contributed by atoms with van der Waals surface area (Å²) >= 11 is 0. The number of aromatic nitrogens is 3. The van der Waals surface area contributed by atoms with Gasteiger partial charge in [-0.2, -0.15) is 4.98 Å². The molecule has 0 unspecified atom stereocenters. The largest absolute Gasteiger partial charge is 0.458 e. The van der Waals surface area contributed by atoms with E-state index < -0.39 is 6.29 Å². The van der Waals surface area contributed by atoms with E-state index in [1.807, 2.05) is 11.8 Å². The Kier molecular flexibility index (Phi) is 3.39. The van der Waals surface area contributed by atoms with Crippen molar-refractivity contribution in [1.29, 1.82) is 0 Å². The first-order chi connectivity index (χ1) is 10.8. The third-order valence-corrected chi connectivity index (χ3v) is 3.61. The van der Waals surface area contributed by atoms with Crippen molar-refractivity contribution in [2.24, 2.45) is 0 Å². The highest BCUT2D eigenvalue weighted by molar-refractivity contribution is 5.30. The smallest absolute Gasteiger partial charge is 0.316 e. The first-order valence-corrected chi connectivity index (χ1v) is 7.23. The SMILES string of the molecule is CC1OC(c2coc(N3CC[C@H](Oc4ncccn4)C3)n2)O1. The zero-order valence-electron chi connectivity index (χ0n) is 12.1. The number of ether oxygens (including phenoxy) is 3. The number of rotatable bonds is 4. The molecule has 0 aromatic carbocycles. The molecule has 4 heterocycles. The molecule has 0 bridgehead atoms. The Labute approximate surface area is 127 Å². The molecule has 0 saturated carbocycles. The van der Waals surface area contributed by atoms with Gasteiger partial charge in [0.05, 0.1) is 6.54 Å². The van der Waals surface area contributed by atoms with E-state index in [0.717, 1.165) is 13.0 Å². The molecule has 2 aromatic rings. The van der Waals surface area contributed by atoms with Gasteiger partial charge in [-0.1, -0.05) is 0 Å². The summed E-state index contributed by atoms with van der Waals surface area (Å²) in [6.45, 7) is 3.33. The predicted molar refractivity (Wildman–Crippen MR) is 74.2 cm³/mol. The van der Waals surface area contributed by atoms with Gasteiger partial charge >= 0.3 is 6.01 Å². The van der Waals surface area contributed by atoms with Gasteiger partial charge in [0.25, 0.3) is 6.01 Å². The minimum Gasteiger partial charge on any atom is -0.458 e. The molecule has 0 spiro atoms. The van der Waals surface area contributed by atoms with Crippen LogP contribution in [-0.2, 0) is 9.47 Å². The van der Waals surface area contributed by atoms with Crippen molar-refractivity contribution in [3.05, 3.63) is 30.4 Å². The molecular formula is C14H16N4O4. The Balaban J connectivity index is 1.36. The third kappa shape index (κ3) is 2.62. The average Bonchev–Trinajstić information content (AvgIpc) is 3.14. The molecule has 0 radical (unpaired) electrons. The van der Waals surface area contributed by atoms with Gasteiger partial charge in [0.15, 0.2) is 6.29 Å². The van der Waals surface area contributed by atoms with E-state index in [-0.39, 0.29) is 12.4 Å². The summed E-state index contributed by atoms with van der Waals surface area (Å²) in [6, 6.07) is 2.71. The van der Waals surface area contributed by atoms with Crippen LogP contribution >= 0.6 is 0 Å². The second-order valence-electron chi connectivity index (χ2n) is 5.23. The lowest BCUT2D eigenvalue weighted by molar-refractivity contribution is -0.383. The van der Waals surface area contributed by atoms with Crippen LogP contribution in [0.1, 0.15) is 25.3 Å². The van der Waals surface area contributed by atoms with Crippen LogP contribution in [-0.4, -0.2) is 40.4 Å². The number of anilines is 1. The van der Waals surface area contributed by atoms with Crippen LogP contribution < -0.4 is 9.64 Å². The van der Waals surface area contributed by atoms with Crippen molar-refractivity contribution in [2.75, 3.05) is 18.0 Å². The highest BCUT2D eigenvalue weighted by atomic mass is 16.9. The first-order valence-electron chi connectivity index (χ1n) is 7.23. The number of nitrogens with zero attached hydrogens (tertiary/aromatic N) is 4. The Hall–Kier alpha value is -2.19. The van der Waals surface area contributed by atoms with E-state index in [2.05, 4.69) is 15.0 Å². The van der Waals surface area contributed by atoms with Gasteiger partial charge in [0.1, 0.15) is 18.1 Å². The van der Waals surface area contributed by atoms with Crippen molar-refractivity contribution >= 4 is 6.01 Å². The zero-order valence-corrected chi connectivity index (χ0v) is 12.1. The summed E-state index contributed by atoms with van der Waals surface area (Å²) in [6.07, 6.45) is 5.18. The van der Waals surface area contributed by atoms with E-state index in [0.29, 0.717) is 24.3 Å². The van der Waals surface area contributed by atoms with Crippen LogP contribution in [0.4, 0.5) is 6.01 Å². The fraction of sp³-hybridized carbons (Fsp3) is 0.500. The minimum atomic E-state index is -0.417. The molecule has 0 aliphatic carbocycles. The third-order valence-electron chi connectivity index (χ3n) is 3.61. The van der Waals surface area contributed by atoms with Gasteiger partial charge in [0.2, 0.25) is 6.29 Å². The molecule has 8 heteroatoms. The molecule has 0 amide bonds. The molecule has 1 atom stereocenters. The van der Waals surface area contributed by atoms with Gasteiger partial charge in [0, 0.05) is 25.4 Å². The highest BCUT2D eigenvalue weighted by Crippen LogP contribution is 2.32. The fourth-order valence-electron chi connectivity index (χ4n) is 2.52. The fourth-order valence-corrected chi connectivity index (χ4v) is 2.52. The minimum absolute atomic E-state index is 0.0222. The molecule has 2 aliphatic rings. The van der Waals surface area contributed by atoms with Crippen LogP contribution in [0.2, 0.25) is 0 Å².